The summed E-state index contributed by atoms with van der Waals surface area (Å²) < 4.78 is 43.2. The van der Waals surface area contributed by atoms with Gasteiger partial charge in [0.2, 0.25) is 11.7 Å². The number of hydrogen-bond acceptors (Lipinski definition) is 5. The summed E-state index contributed by atoms with van der Waals surface area (Å²) in [5, 5.41) is 14.1. The van der Waals surface area contributed by atoms with E-state index in [1.807, 2.05) is 6.92 Å². The molecular weight excluding hydrogens is 347 g/mol. The van der Waals surface area contributed by atoms with Crippen LogP contribution in [0, 0.1) is 0 Å². The number of halogens is 3. The van der Waals surface area contributed by atoms with Crippen molar-refractivity contribution in [3.63, 3.8) is 0 Å². The van der Waals surface area contributed by atoms with Crippen molar-refractivity contribution in [2.24, 2.45) is 0 Å². The normalized spacial score (nSPS) is 20.3. The van der Waals surface area contributed by atoms with Crippen molar-refractivity contribution in [3.8, 4) is 11.4 Å². The Morgan fingerprint density at radius 2 is 2.00 bits per heavy atom. The molecule has 0 spiro atoms. The van der Waals surface area contributed by atoms with E-state index in [9.17, 15) is 18.3 Å². The molecule has 1 aromatic carbocycles. The molecule has 1 saturated heterocycles. The quantitative estimate of drug-likeness (QED) is 0.867. The second-order valence-electron chi connectivity index (χ2n) is 6.60. The van der Waals surface area contributed by atoms with Gasteiger partial charge in [-0.05, 0) is 37.9 Å². The largest absolute Gasteiger partial charge is 0.416 e. The number of aliphatic hydroxyl groups excluding tert-OH is 1. The van der Waals surface area contributed by atoms with Crippen LogP contribution in [0.4, 0.5) is 13.2 Å². The number of nitrogens with zero attached hydrogens (tertiary/aromatic N) is 3. The molecule has 0 aliphatic carbocycles. The molecule has 2 unspecified atom stereocenters. The summed E-state index contributed by atoms with van der Waals surface area (Å²) in [5.41, 5.74) is -0.244. The fraction of sp³-hybridized carbons (Fsp3) is 0.556. The fourth-order valence-electron chi connectivity index (χ4n) is 3.34. The summed E-state index contributed by atoms with van der Waals surface area (Å²) in [6.45, 7) is 3.22. The van der Waals surface area contributed by atoms with E-state index in [1.165, 1.54) is 12.1 Å². The van der Waals surface area contributed by atoms with Crippen LogP contribution in [-0.4, -0.2) is 38.8 Å². The highest BCUT2D eigenvalue weighted by atomic mass is 19.4. The van der Waals surface area contributed by atoms with Crippen molar-refractivity contribution in [2.75, 3.05) is 6.54 Å². The van der Waals surface area contributed by atoms with E-state index in [2.05, 4.69) is 15.0 Å². The number of alkyl halides is 3. The average molecular weight is 369 g/mol. The molecule has 2 heterocycles. The van der Waals surface area contributed by atoms with Gasteiger partial charge in [0, 0.05) is 11.6 Å². The molecule has 26 heavy (non-hydrogen) atoms. The monoisotopic (exact) mass is 369 g/mol. The van der Waals surface area contributed by atoms with Gasteiger partial charge in [0.15, 0.2) is 0 Å². The van der Waals surface area contributed by atoms with Crippen LogP contribution in [0.2, 0.25) is 0 Å². The molecule has 1 aliphatic rings. The summed E-state index contributed by atoms with van der Waals surface area (Å²) in [6.07, 6.45) is -1.03. The van der Waals surface area contributed by atoms with Crippen molar-refractivity contribution in [1.82, 2.24) is 15.0 Å². The SMILES string of the molecule is CCC(O)C1CCCCN1Cc1nc(-c2ccc(C(F)(F)F)cc2)no1. The lowest BCUT2D eigenvalue weighted by atomic mass is 9.96. The van der Waals surface area contributed by atoms with Gasteiger partial charge in [-0.3, -0.25) is 4.90 Å². The highest BCUT2D eigenvalue weighted by molar-refractivity contribution is 5.54. The molecule has 1 fully saturated rings. The van der Waals surface area contributed by atoms with E-state index in [0.29, 0.717) is 24.4 Å². The summed E-state index contributed by atoms with van der Waals surface area (Å²) >= 11 is 0. The van der Waals surface area contributed by atoms with Gasteiger partial charge >= 0.3 is 6.18 Å². The van der Waals surface area contributed by atoms with Crippen LogP contribution in [-0.2, 0) is 12.7 Å². The maximum atomic E-state index is 12.6. The first-order valence-corrected chi connectivity index (χ1v) is 8.81. The van der Waals surface area contributed by atoms with Gasteiger partial charge in [-0.15, -0.1) is 0 Å². The van der Waals surface area contributed by atoms with Crippen molar-refractivity contribution in [1.29, 1.82) is 0 Å². The highest BCUT2D eigenvalue weighted by Gasteiger charge is 2.31. The second-order valence-corrected chi connectivity index (χ2v) is 6.60. The molecule has 0 amide bonds. The second kappa shape index (κ2) is 7.75. The number of piperidine rings is 1. The van der Waals surface area contributed by atoms with Crippen LogP contribution in [0.1, 0.15) is 44.1 Å². The maximum absolute atomic E-state index is 12.6. The predicted octanol–water partition coefficient (Wildman–Crippen LogP) is 3.88. The lowest BCUT2D eigenvalue weighted by Gasteiger charge is -2.37. The van der Waals surface area contributed by atoms with E-state index in [1.54, 1.807) is 0 Å². The minimum absolute atomic E-state index is 0.0650. The summed E-state index contributed by atoms with van der Waals surface area (Å²) in [7, 11) is 0. The fourth-order valence-corrected chi connectivity index (χ4v) is 3.34. The van der Waals surface area contributed by atoms with Crippen LogP contribution < -0.4 is 0 Å². The van der Waals surface area contributed by atoms with E-state index in [4.69, 9.17) is 4.52 Å². The molecule has 1 aliphatic heterocycles. The Kier molecular flexibility index (Phi) is 5.62. The molecule has 0 bridgehead atoms. The van der Waals surface area contributed by atoms with Crippen LogP contribution in [0.25, 0.3) is 11.4 Å². The number of aliphatic hydroxyl groups is 1. The molecule has 1 N–H and O–H groups in total. The van der Waals surface area contributed by atoms with Gasteiger partial charge in [-0.1, -0.05) is 30.6 Å². The maximum Gasteiger partial charge on any atom is 0.416 e. The van der Waals surface area contributed by atoms with Crippen molar-refractivity contribution < 1.29 is 22.8 Å². The Morgan fingerprint density at radius 1 is 1.27 bits per heavy atom. The van der Waals surface area contributed by atoms with E-state index >= 15 is 0 Å². The minimum Gasteiger partial charge on any atom is -0.392 e. The molecule has 8 heteroatoms. The molecule has 3 rings (SSSR count). The highest BCUT2D eigenvalue weighted by Crippen LogP contribution is 2.30. The predicted molar refractivity (Wildman–Crippen MR) is 89.1 cm³/mol. The molecular formula is C18H22F3N3O2. The summed E-state index contributed by atoms with van der Waals surface area (Å²) in [5.74, 6) is 0.661. The van der Waals surface area contributed by atoms with Crippen LogP contribution in [0.15, 0.2) is 28.8 Å². The molecule has 2 aromatic rings. The van der Waals surface area contributed by atoms with Crippen LogP contribution in [0.5, 0.6) is 0 Å². The average Bonchev–Trinajstić information content (AvgIpc) is 3.09. The van der Waals surface area contributed by atoms with Crippen LogP contribution >= 0.6 is 0 Å². The third-order valence-electron chi connectivity index (χ3n) is 4.80. The number of hydrogen-bond donors (Lipinski definition) is 1. The number of aromatic nitrogens is 2. The first kappa shape index (κ1) is 18.8. The molecule has 142 valence electrons. The molecule has 0 radical (unpaired) electrons. The zero-order chi connectivity index (χ0) is 18.7. The molecule has 0 saturated carbocycles. The van der Waals surface area contributed by atoms with Crippen molar-refractivity contribution in [2.45, 2.75) is 57.5 Å². The van der Waals surface area contributed by atoms with Crippen molar-refractivity contribution >= 4 is 0 Å². The first-order chi connectivity index (χ1) is 12.4. The minimum atomic E-state index is -4.37. The van der Waals surface area contributed by atoms with Gasteiger partial charge in [0.1, 0.15) is 0 Å². The third-order valence-corrected chi connectivity index (χ3v) is 4.80. The van der Waals surface area contributed by atoms with Gasteiger partial charge in [0.05, 0.1) is 18.2 Å². The Hall–Kier alpha value is -1.93. The van der Waals surface area contributed by atoms with E-state index in [-0.39, 0.29) is 11.9 Å². The Bertz CT molecular complexity index is 715. The van der Waals surface area contributed by atoms with Gasteiger partial charge in [-0.25, -0.2) is 0 Å². The molecule has 5 nitrogen and oxygen atoms in total. The zero-order valence-corrected chi connectivity index (χ0v) is 14.5. The van der Waals surface area contributed by atoms with E-state index in [0.717, 1.165) is 37.9 Å². The van der Waals surface area contributed by atoms with Crippen molar-refractivity contribution in [3.05, 3.63) is 35.7 Å². The van der Waals surface area contributed by atoms with Gasteiger partial charge < -0.3 is 9.63 Å². The zero-order valence-electron chi connectivity index (χ0n) is 14.5. The smallest absolute Gasteiger partial charge is 0.392 e. The lowest BCUT2D eigenvalue weighted by molar-refractivity contribution is -0.137. The van der Waals surface area contributed by atoms with Gasteiger partial charge in [-0.2, -0.15) is 18.2 Å². The topological polar surface area (TPSA) is 62.4 Å². The van der Waals surface area contributed by atoms with Gasteiger partial charge in [0.25, 0.3) is 0 Å². The summed E-state index contributed by atoms with van der Waals surface area (Å²) in [4.78, 5) is 6.44. The number of likely N-dealkylation sites (tertiary alicyclic amines) is 1. The molecule has 2 atom stereocenters. The number of benzene rings is 1. The van der Waals surface area contributed by atoms with E-state index < -0.39 is 17.8 Å². The first-order valence-electron chi connectivity index (χ1n) is 8.81. The molecule has 1 aromatic heterocycles. The standard InChI is InChI=1S/C18H22F3N3O2/c1-2-15(25)14-5-3-4-10-24(14)11-16-22-17(23-26-16)12-6-8-13(9-7-12)18(19,20)21/h6-9,14-15,25H,2-5,10-11H2,1H3. The Balaban J connectivity index is 1.71. The third kappa shape index (κ3) is 4.24. The summed E-state index contributed by atoms with van der Waals surface area (Å²) in [6, 6.07) is 4.74. The Labute approximate surface area is 149 Å². The number of rotatable bonds is 5. The van der Waals surface area contributed by atoms with Crippen LogP contribution in [0.3, 0.4) is 0 Å². The Morgan fingerprint density at radius 3 is 2.65 bits per heavy atom. The lowest BCUT2D eigenvalue weighted by Crippen LogP contribution is -2.46.